The van der Waals surface area contributed by atoms with Crippen LogP contribution in [0.5, 0.6) is 0 Å². The van der Waals surface area contributed by atoms with Gasteiger partial charge in [-0.1, -0.05) is 24.3 Å². The Labute approximate surface area is 168 Å². The number of para-hydroxylation sites is 1. The fourth-order valence-corrected chi connectivity index (χ4v) is 3.60. The summed E-state index contributed by atoms with van der Waals surface area (Å²) in [7, 11) is 0. The van der Waals surface area contributed by atoms with Gasteiger partial charge in [0.1, 0.15) is 5.57 Å². The van der Waals surface area contributed by atoms with E-state index in [2.05, 4.69) is 10.3 Å². The fraction of sp³-hybridized carbons (Fsp3) is 0.381. The van der Waals surface area contributed by atoms with E-state index >= 15 is 0 Å². The first-order valence-corrected chi connectivity index (χ1v) is 9.65. The number of amides is 1. The van der Waals surface area contributed by atoms with Gasteiger partial charge in [-0.05, 0) is 38.3 Å². The van der Waals surface area contributed by atoms with Crippen LogP contribution in [0, 0.1) is 0 Å². The molecule has 1 aliphatic heterocycles. The Morgan fingerprint density at radius 3 is 2.41 bits per heavy atom. The summed E-state index contributed by atoms with van der Waals surface area (Å²) in [6.07, 6.45) is 2.24. The summed E-state index contributed by atoms with van der Waals surface area (Å²) in [5.74, 6) is -1.92. The smallest absolute Gasteiger partial charge is 0.345 e. The second-order valence-corrected chi connectivity index (χ2v) is 6.74. The van der Waals surface area contributed by atoms with Crippen molar-refractivity contribution < 1.29 is 23.9 Å². The van der Waals surface area contributed by atoms with Crippen molar-refractivity contribution in [1.29, 1.82) is 0 Å². The third kappa shape index (κ3) is 4.32. The molecule has 0 aliphatic carbocycles. The van der Waals surface area contributed by atoms with Gasteiger partial charge in [0.25, 0.3) is 0 Å². The standard InChI is InChI=1S/C21H25N3O5/c1-3-28-20(26)13(21(27)29-4-2)9-10-16-18-14(11-17(23-16)19(22)25)12-7-5-6-8-15(12)24-18/h5-9,16-17,23-24H,3-4,10-11H2,1-2H3,(H2,22,25)/t16-,17-/m0/s1. The van der Waals surface area contributed by atoms with Crippen molar-refractivity contribution in [2.75, 3.05) is 13.2 Å². The number of carbonyl (C=O) groups is 3. The molecule has 4 N–H and O–H groups in total. The van der Waals surface area contributed by atoms with E-state index in [0.717, 1.165) is 22.2 Å². The number of nitrogens with two attached hydrogens (primary N) is 1. The maximum atomic E-state index is 12.2. The van der Waals surface area contributed by atoms with Crippen molar-refractivity contribution in [1.82, 2.24) is 10.3 Å². The van der Waals surface area contributed by atoms with Crippen LogP contribution in [0.1, 0.15) is 37.6 Å². The Morgan fingerprint density at radius 2 is 1.79 bits per heavy atom. The lowest BCUT2D eigenvalue weighted by molar-refractivity contribution is -0.146. The van der Waals surface area contributed by atoms with Crippen molar-refractivity contribution in [3.63, 3.8) is 0 Å². The molecule has 0 fully saturated rings. The van der Waals surface area contributed by atoms with Crippen LogP contribution < -0.4 is 11.1 Å². The molecule has 29 heavy (non-hydrogen) atoms. The van der Waals surface area contributed by atoms with E-state index in [0.29, 0.717) is 6.42 Å². The van der Waals surface area contributed by atoms with Gasteiger partial charge in [-0.25, -0.2) is 9.59 Å². The summed E-state index contributed by atoms with van der Waals surface area (Å²) >= 11 is 0. The van der Waals surface area contributed by atoms with Gasteiger partial charge in [0.05, 0.1) is 25.3 Å². The van der Waals surface area contributed by atoms with Gasteiger partial charge in [-0.15, -0.1) is 0 Å². The van der Waals surface area contributed by atoms with Crippen LogP contribution in [0.25, 0.3) is 10.9 Å². The van der Waals surface area contributed by atoms with Crippen molar-refractivity contribution in [2.24, 2.45) is 5.73 Å². The molecule has 154 valence electrons. The first kappa shape index (κ1) is 20.6. The van der Waals surface area contributed by atoms with Crippen molar-refractivity contribution in [3.05, 3.63) is 47.2 Å². The lowest BCUT2D eigenvalue weighted by Gasteiger charge is -2.29. The zero-order chi connectivity index (χ0) is 21.0. The lowest BCUT2D eigenvalue weighted by atomic mass is 9.91. The molecule has 1 amide bonds. The van der Waals surface area contributed by atoms with Gasteiger partial charge < -0.3 is 20.2 Å². The molecule has 2 atom stereocenters. The lowest BCUT2D eigenvalue weighted by Crippen LogP contribution is -2.47. The molecule has 8 nitrogen and oxygen atoms in total. The number of carbonyl (C=O) groups excluding carboxylic acids is 3. The van der Waals surface area contributed by atoms with Crippen LogP contribution in [0.2, 0.25) is 0 Å². The van der Waals surface area contributed by atoms with Gasteiger partial charge in [0.2, 0.25) is 5.91 Å². The number of fused-ring (bicyclic) bond motifs is 3. The summed E-state index contributed by atoms with van der Waals surface area (Å²) in [6.45, 7) is 3.62. The predicted molar refractivity (Wildman–Crippen MR) is 107 cm³/mol. The normalized spacial score (nSPS) is 18.0. The van der Waals surface area contributed by atoms with Crippen LogP contribution in [-0.4, -0.2) is 42.1 Å². The average molecular weight is 399 g/mol. The highest BCUT2D eigenvalue weighted by molar-refractivity contribution is 6.14. The molecule has 2 aromatic rings. The largest absolute Gasteiger partial charge is 0.462 e. The van der Waals surface area contributed by atoms with Crippen molar-refractivity contribution in [2.45, 2.75) is 38.8 Å². The van der Waals surface area contributed by atoms with E-state index in [1.807, 2.05) is 24.3 Å². The Bertz CT molecular complexity index is 942. The molecule has 1 aromatic heterocycles. The van der Waals surface area contributed by atoms with Crippen LogP contribution >= 0.6 is 0 Å². The number of ether oxygens (including phenoxy) is 2. The van der Waals surface area contributed by atoms with Gasteiger partial charge in [-0.2, -0.15) is 0 Å². The summed E-state index contributed by atoms with van der Waals surface area (Å²) in [6, 6.07) is 6.94. The summed E-state index contributed by atoms with van der Waals surface area (Å²) < 4.78 is 9.96. The number of hydrogen-bond donors (Lipinski definition) is 3. The van der Waals surface area contributed by atoms with Crippen LogP contribution in [-0.2, 0) is 30.3 Å². The highest BCUT2D eigenvalue weighted by atomic mass is 16.6. The first-order valence-electron chi connectivity index (χ1n) is 9.65. The molecule has 8 heteroatoms. The van der Waals surface area contributed by atoms with Gasteiger partial charge in [0, 0.05) is 16.6 Å². The van der Waals surface area contributed by atoms with E-state index < -0.39 is 23.9 Å². The molecule has 0 radical (unpaired) electrons. The molecule has 0 unspecified atom stereocenters. The minimum absolute atomic E-state index is 0.146. The van der Waals surface area contributed by atoms with Gasteiger partial charge in [-0.3, -0.25) is 10.1 Å². The summed E-state index contributed by atoms with van der Waals surface area (Å²) in [5, 5.41) is 4.24. The molecule has 0 bridgehead atoms. The first-order chi connectivity index (χ1) is 14.0. The van der Waals surface area contributed by atoms with Crippen molar-refractivity contribution >= 4 is 28.7 Å². The molecule has 0 saturated carbocycles. The Hall–Kier alpha value is -3.13. The number of aromatic nitrogens is 1. The van der Waals surface area contributed by atoms with E-state index in [9.17, 15) is 14.4 Å². The maximum Gasteiger partial charge on any atom is 0.345 e. The number of H-pyrrole nitrogens is 1. The van der Waals surface area contributed by atoms with E-state index in [4.69, 9.17) is 15.2 Å². The van der Waals surface area contributed by atoms with Crippen LogP contribution in [0.15, 0.2) is 35.9 Å². The van der Waals surface area contributed by atoms with Gasteiger partial charge in [0.15, 0.2) is 0 Å². The minimum Gasteiger partial charge on any atom is -0.462 e. The van der Waals surface area contributed by atoms with E-state index in [-0.39, 0.29) is 31.2 Å². The van der Waals surface area contributed by atoms with E-state index in [1.165, 1.54) is 6.08 Å². The molecule has 1 aliphatic rings. The number of nitrogens with one attached hydrogen (secondary N) is 2. The Morgan fingerprint density at radius 1 is 1.14 bits per heavy atom. The molecule has 1 aromatic carbocycles. The summed E-state index contributed by atoms with van der Waals surface area (Å²) in [4.78, 5) is 39.7. The highest BCUT2D eigenvalue weighted by Crippen LogP contribution is 2.33. The average Bonchev–Trinajstić information content (AvgIpc) is 3.07. The zero-order valence-corrected chi connectivity index (χ0v) is 16.5. The quantitative estimate of drug-likeness (QED) is 0.282. The third-order valence-electron chi connectivity index (χ3n) is 4.90. The number of benzene rings is 1. The second-order valence-electron chi connectivity index (χ2n) is 6.74. The fourth-order valence-electron chi connectivity index (χ4n) is 3.60. The molecular formula is C21H25N3O5. The molecule has 0 saturated heterocycles. The highest BCUT2D eigenvalue weighted by Gasteiger charge is 2.32. The summed E-state index contributed by atoms with van der Waals surface area (Å²) in [5.41, 5.74) is 8.27. The molecule has 0 spiro atoms. The number of rotatable bonds is 7. The number of esters is 2. The monoisotopic (exact) mass is 399 g/mol. The third-order valence-corrected chi connectivity index (χ3v) is 4.90. The minimum atomic E-state index is -0.731. The molecular weight excluding hydrogens is 374 g/mol. The Kier molecular flexibility index (Phi) is 6.33. The SMILES string of the molecule is CCOC(=O)C(=CC[C@@H]1N[C@H](C(N)=O)Cc2c1[nH]c1ccccc21)C(=O)OCC. The predicted octanol–water partition coefficient (Wildman–Crippen LogP) is 1.65. The number of hydrogen-bond acceptors (Lipinski definition) is 6. The Balaban J connectivity index is 1.96. The zero-order valence-electron chi connectivity index (χ0n) is 16.5. The topological polar surface area (TPSA) is 124 Å². The number of aromatic amines is 1. The van der Waals surface area contributed by atoms with Crippen LogP contribution in [0.4, 0.5) is 0 Å². The molecule has 2 heterocycles. The second kappa shape index (κ2) is 8.91. The van der Waals surface area contributed by atoms with Crippen molar-refractivity contribution in [3.8, 4) is 0 Å². The molecule has 3 rings (SSSR count). The van der Waals surface area contributed by atoms with Gasteiger partial charge >= 0.3 is 11.9 Å². The van der Waals surface area contributed by atoms with Crippen LogP contribution in [0.3, 0.4) is 0 Å². The number of primary amides is 1. The van der Waals surface area contributed by atoms with E-state index in [1.54, 1.807) is 13.8 Å². The maximum absolute atomic E-state index is 12.2.